The van der Waals surface area contributed by atoms with Crippen molar-refractivity contribution in [3.8, 4) is 11.5 Å². The first-order valence-electron chi connectivity index (χ1n) is 7.01. The highest BCUT2D eigenvalue weighted by atomic mass is 16.6. The van der Waals surface area contributed by atoms with Crippen LogP contribution in [0.25, 0.3) is 0 Å². The standard InChI is InChI=1S/C17H18N2O4/c1-19(17(21)23-13-8-4-3-5-9-13)12-16(20)18-14-10-6-7-11-15(14)22-2/h3-11H,12H2,1-2H3,(H,18,20). The van der Waals surface area contributed by atoms with Gasteiger partial charge in [0.25, 0.3) is 0 Å². The first-order valence-corrected chi connectivity index (χ1v) is 7.01. The summed E-state index contributed by atoms with van der Waals surface area (Å²) in [6, 6.07) is 15.7. The molecule has 2 rings (SSSR count). The first-order chi connectivity index (χ1) is 11.1. The third-order valence-electron chi connectivity index (χ3n) is 3.02. The van der Waals surface area contributed by atoms with Crippen LogP contribution in [-0.2, 0) is 4.79 Å². The number of anilines is 1. The van der Waals surface area contributed by atoms with Gasteiger partial charge in [0.2, 0.25) is 5.91 Å². The number of nitrogens with zero attached hydrogens (tertiary/aromatic N) is 1. The van der Waals surface area contributed by atoms with E-state index in [0.29, 0.717) is 17.2 Å². The molecular formula is C17H18N2O4. The largest absolute Gasteiger partial charge is 0.495 e. The molecule has 0 radical (unpaired) electrons. The molecule has 6 heteroatoms. The lowest BCUT2D eigenvalue weighted by Gasteiger charge is -2.17. The van der Waals surface area contributed by atoms with Gasteiger partial charge in [-0.05, 0) is 24.3 Å². The van der Waals surface area contributed by atoms with Gasteiger partial charge in [-0.15, -0.1) is 0 Å². The maximum Gasteiger partial charge on any atom is 0.415 e. The molecule has 23 heavy (non-hydrogen) atoms. The van der Waals surface area contributed by atoms with Crippen molar-refractivity contribution in [2.75, 3.05) is 26.0 Å². The molecule has 0 unspecified atom stereocenters. The van der Waals surface area contributed by atoms with Gasteiger partial charge in [-0.3, -0.25) is 4.79 Å². The van der Waals surface area contributed by atoms with Crippen LogP contribution in [0.4, 0.5) is 10.5 Å². The van der Waals surface area contributed by atoms with Crippen molar-refractivity contribution in [2.45, 2.75) is 0 Å². The Labute approximate surface area is 134 Å². The van der Waals surface area contributed by atoms with Crippen LogP contribution >= 0.6 is 0 Å². The zero-order chi connectivity index (χ0) is 16.7. The Morgan fingerprint density at radius 1 is 1.04 bits per heavy atom. The zero-order valence-electron chi connectivity index (χ0n) is 13.0. The fourth-order valence-electron chi connectivity index (χ4n) is 1.88. The van der Waals surface area contributed by atoms with E-state index in [0.717, 1.165) is 0 Å². The number of nitrogens with one attached hydrogen (secondary N) is 1. The highest BCUT2D eigenvalue weighted by Crippen LogP contribution is 2.22. The molecule has 0 spiro atoms. The maximum atomic E-state index is 12.0. The Hall–Kier alpha value is -3.02. The molecule has 0 aliphatic carbocycles. The second-order valence-electron chi connectivity index (χ2n) is 4.79. The average molecular weight is 314 g/mol. The molecule has 0 bridgehead atoms. The minimum atomic E-state index is -0.605. The van der Waals surface area contributed by atoms with Crippen LogP contribution in [0.15, 0.2) is 54.6 Å². The molecule has 0 heterocycles. The van der Waals surface area contributed by atoms with Crippen LogP contribution in [0, 0.1) is 0 Å². The number of carbonyl (C=O) groups is 2. The molecule has 0 saturated heterocycles. The second-order valence-corrected chi connectivity index (χ2v) is 4.79. The van der Waals surface area contributed by atoms with Crippen molar-refractivity contribution in [3.05, 3.63) is 54.6 Å². The summed E-state index contributed by atoms with van der Waals surface area (Å²) in [6.07, 6.45) is -0.605. The minimum Gasteiger partial charge on any atom is -0.495 e. The van der Waals surface area contributed by atoms with Gasteiger partial charge in [-0.25, -0.2) is 4.79 Å². The molecule has 0 aromatic heterocycles. The van der Waals surface area contributed by atoms with Gasteiger partial charge in [0.05, 0.1) is 12.8 Å². The Morgan fingerprint density at radius 2 is 1.70 bits per heavy atom. The lowest BCUT2D eigenvalue weighted by atomic mass is 10.3. The van der Waals surface area contributed by atoms with E-state index in [4.69, 9.17) is 9.47 Å². The number of benzene rings is 2. The fraction of sp³-hybridized carbons (Fsp3) is 0.176. The maximum absolute atomic E-state index is 12.0. The molecule has 0 fully saturated rings. The molecule has 1 N–H and O–H groups in total. The highest BCUT2D eigenvalue weighted by Gasteiger charge is 2.16. The zero-order valence-corrected chi connectivity index (χ0v) is 13.0. The van der Waals surface area contributed by atoms with E-state index in [-0.39, 0.29) is 12.5 Å². The van der Waals surface area contributed by atoms with E-state index in [1.807, 2.05) is 6.07 Å². The van der Waals surface area contributed by atoms with Crippen LogP contribution in [0.2, 0.25) is 0 Å². The predicted molar refractivity (Wildman–Crippen MR) is 86.7 cm³/mol. The number of ether oxygens (including phenoxy) is 2. The molecule has 0 atom stereocenters. The van der Waals surface area contributed by atoms with Gasteiger partial charge in [0, 0.05) is 7.05 Å². The van der Waals surface area contributed by atoms with Crippen LogP contribution in [0.1, 0.15) is 0 Å². The lowest BCUT2D eigenvalue weighted by molar-refractivity contribution is -0.116. The van der Waals surface area contributed by atoms with Crippen LogP contribution in [-0.4, -0.2) is 37.6 Å². The van der Waals surface area contributed by atoms with Gasteiger partial charge in [0.1, 0.15) is 18.0 Å². The van der Waals surface area contributed by atoms with Crippen LogP contribution < -0.4 is 14.8 Å². The molecule has 120 valence electrons. The summed E-state index contributed by atoms with van der Waals surface area (Å²) in [5, 5.41) is 2.70. The summed E-state index contributed by atoms with van der Waals surface area (Å²) in [5.74, 6) is 0.631. The molecule has 0 saturated carbocycles. The molecule has 2 aromatic rings. The number of likely N-dealkylation sites (N-methyl/N-ethyl adjacent to an activating group) is 1. The smallest absolute Gasteiger partial charge is 0.415 e. The second kappa shape index (κ2) is 7.84. The summed E-state index contributed by atoms with van der Waals surface area (Å²) >= 11 is 0. The SMILES string of the molecule is COc1ccccc1NC(=O)CN(C)C(=O)Oc1ccccc1. The summed E-state index contributed by atoms with van der Waals surface area (Å²) in [4.78, 5) is 25.1. The number of hydrogen-bond donors (Lipinski definition) is 1. The van der Waals surface area contributed by atoms with Crippen molar-refractivity contribution >= 4 is 17.7 Å². The monoisotopic (exact) mass is 314 g/mol. The first kappa shape index (κ1) is 16.4. The number of methoxy groups -OCH3 is 1. The quantitative estimate of drug-likeness (QED) is 0.921. The topological polar surface area (TPSA) is 67.9 Å². The molecule has 6 nitrogen and oxygen atoms in total. The van der Waals surface area contributed by atoms with E-state index in [9.17, 15) is 9.59 Å². The van der Waals surface area contributed by atoms with Gasteiger partial charge < -0.3 is 19.7 Å². The Bertz CT molecular complexity index is 673. The Morgan fingerprint density at radius 3 is 2.39 bits per heavy atom. The number of para-hydroxylation sites is 3. The summed E-state index contributed by atoms with van der Waals surface area (Å²) in [5.41, 5.74) is 0.546. The van der Waals surface area contributed by atoms with Gasteiger partial charge >= 0.3 is 6.09 Å². The minimum absolute atomic E-state index is 0.135. The van der Waals surface area contributed by atoms with Gasteiger partial charge in [0.15, 0.2) is 0 Å². The number of carbonyl (C=O) groups excluding carboxylic acids is 2. The van der Waals surface area contributed by atoms with Crippen molar-refractivity contribution < 1.29 is 19.1 Å². The van der Waals surface area contributed by atoms with Crippen LogP contribution in [0.5, 0.6) is 11.5 Å². The Balaban J connectivity index is 1.90. The van der Waals surface area contributed by atoms with Gasteiger partial charge in [-0.1, -0.05) is 30.3 Å². The van der Waals surface area contributed by atoms with E-state index < -0.39 is 6.09 Å². The van der Waals surface area contributed by atoms with E-state index >= 15 is 0 Å². The number of amides is 2. The molecule has 0 aliphatic rings. The molecule has 2 aromatic carbocycles. The predicted octanol–water partition coefficient (Wildman–Crippen LogP) is 2.76. The van der Waals surface area contributed by atoms with Gasteiger partial charge in [-0.2, -0.15) is 0 Å². The molecular weight excluding hydrogens is 296 g/mol. The average Bonchev–Trinajstić information content (AvgIpc) is 2.56. The van der Waals surface area contributed by atoms with Crippen LogP contribution in [0.3, 0.4) is 0 Å². The van der Waals surface area contributed by atoms with Crippen molar-refractivity contribution in [2.24, 2.45) is 0 Å². The highest BCUT2D eigenvalue weighted by molar-refractivity contribution is 5.95. The summed E-state index contributed by atoms with van der Waals surface area (Å²) < 4.78 is 10.3. The third-order valence-corrected chi connectivity index (χ3v) is 3.02. The van der Waals surface area contributed by atoms with E-state index in [1.165, 1.54) is 19.1 Å². The summed E-state index contributed by atoms with van der Waals surface area (Å²) in [7, 11) is 3.02. The Kier molecular flexibility index (Phi) is 5.57. The van der Waals surface area contributed by atoms with E-state index in [1.54, 1.807) is 48.5 Å². The van der Waals surface area contributed by atoms with Crippen molar-refractivity contribution in [1.29, 1.82) is 0 Å². The van der Waals surface area contributed by atoms with Crippen molar-refractivity contribution in [1.82, 2.24) is 4.90 Å². The fourth-order valence-corrected chi connectivity index (χ4v) is 1.88. The van der Waals surface area contributed by atoms with E-state index in [2.05, 4.69) is 5.32 Å². The molecule has 2 amide bonds. The lowest BCUT2D eigenvalue weighted by Crippen LogP contribution is -2.36. The molecule has 0 aliphatic heterocycles. The third kappa shape index (κ3) is 4.74. The summed E-state index contributed by atoms with van der Waals surface area (Å²) in [6.45, 7) is -0.135. The number of hydrogen-bond acceptors (Lipinski definition) is 4. The normalized spacial score (nSPS) is 9.83. The number of rotatable bonds is 5. The van der Waals surface area contributed by atoms with Crippen molar-refractivity contribution in [3.63, 3.8) is 0 Å².